The molecule has 0 heterocycles. The van der Waals surface area contributed by atoms with Crippen LogP contribution in [0.3, 0.4) is 0 Å². The summed E-state index contributed by atoms with van der Waals surface area (Å²) in [6.45, 7) is 2.99. The molecule has 1 aromatic rings. The fourth-order valence-electron chi connectivity index (χ4n) is 1.37. The summed E-state index contributed by atoms with van der Waals surface area (Å²) in [5, 5.41) is 11.9. The van der Waals surface area contributed by atoms with E-state index in [2.05, 4.69) is 0 Å². The Hall–Kier alpha value is -1.15. The first-order valence-corrected chi connectivity index (χ1v) is 4.28. The first kappa shape index (κ1) is 9.93. The summed E-state index contributed by atoms with van der Waals surface area (Å²) >= 11 is 0. The van der Waals surface area contributed by atoms with E-state index in [4.69, 9.17) is 0 Å². The molecule has 0 amide bonds. The molecule has 0 bridgehead atoms. The van der Waals surface area contributed by atoms with Crippen LogP contribution in [0.5, 0.6) is 0 Å². The molecule has 1 rings (SSSR count). The van der Waals surface area contributed by atoms with Crippen molar-refractivity contribution in [3.05, 3.63) is 35.9 Å². The fraction of sp³-hybridized carbons (Fsp3) is 0.364. The summed E-state index contributed by atoms with van der Waals surface area (Å²) in [7, 11) is 0. The zero-order valence-corrected chi connectivity index (χ0v) is 7.91. The molecule has 0 aliphatic heterocycles. The summed E-state index contributed by atoms with van der Waals surface area (Å²) in [5.41, 5.74) is -0.613. The molecule has 0 saturated carbocycles. The van der Waals surface area contributed by atoms with Gasteiger partial charge in [0.15, 0.2) is 0 Å². The van der Waals surface area contributed by atoms with E-state index in [0.717, 1.165) is 0 Å². The van der Waals surface area contributed by atoms with Crippen LogP contribution in [0.2, 0.25) is 0 Å². The van der Waals surface area contributed by atoms with Crippen LogP contribution in [0.4, 0.5) is 0 Å². The third-order valence-corrected chi connectivity index (χ3v) is 1.97. The van der Waals surface area contributed by atoms with Gasteiger partial charge in [-0.25, -0.2) is 0 Å². The number of hydrogen-bond acceptors (Lipinski definition) is 2. The molecule has 0 radical (unpaired) electrons. The molecule has 0 saturated heterocycles. The summed E-state index contributed by atoms with van der Waals surface area (Å²) in [6, 6.07) is 9.00. The van der Waals surface area contributed by atoms with Gasteiger partial charge in [-0.05, 0) is 13.3 Å². The number of carbonyl (C=O) groups is 1. The fourth-order valence-corrected chi connectivity index (χ4v) is 1.37. The van der Waals surface area contributed by atoms with Gasteiger partial charge in [0.2, 0.25) is 0 Å². The lowest BCUT2D eigenvalue weighted by Gasteiger charge is -2.36. The molecular weight excluding hydrogens is 164 g/mol. The Morgan fingerprint density at radius 2 is 1.92 bits per heavy atom. The van der Waals surface area contributed by atoms with Crippen molar-refractivity contribution in [2.24, 2.45) is 0 Å². The van der Waals surface area contributed by atoms with Crippen molar-refractivity contribution in [2.45, 2.75) is 25.9 Å². The second kappa shape index (κ2) is 3.71. The molecule has 0 spiro atoms. The Labute approximate surface area is 78.2 Å². The number of benzene rings is 1. The average Bonchev–Trinajstić information content (AvgIpc) is 2.04. The highest BCUT2D eigenvalue weighted by Gasteiger charge is 2.14. The molecule has 1 atom stereocenters. The van der Waals surface area contributed by atoms with E-state index >= 15 is 0 Å². The summed E-state index contributed by atoms with van der Waals surface area (Å²) in [6.07, 6.45) is 0.0526. The van der Waals surface area contributed by atoms with Crippen molar-refractivity contribution in [2.75, 3.05) is 0 Å². The van der Waals surface area contributed by atoms with Crippen molar-refractivity contribution in [3.63, 3.8) is 0 Å². The molecule has 0 aliphatic carbocycles. The van der Waals surface area contributed by atoms with Gasteiger partial charge in [0.25, 0.3) is 0 Å². The minimum absolute atomic E-state index is 0.0526. The zero-order valence-electron chi connectivity index (χ0n) is 7.91. The van der Waals surface area contributed by atoms with E-state index < -0.39 is 5.60 Å². The standard InChI is InChI=1S/C11H13O2/c1-9(12)8-11(2,13)10-6-4-3-5-7-10/h3-7H,8H2,1-2H3/q-1. The Morgan fingerprint density at radius 3 is 2.38 bits per heavy atom. The predicted molar refractivity (Wildman–Crippen MR) is 49.1 cm³/mol. The summed E-state index contributed by atoms with van der Waals surface area (Å²) in [4.78, 5) is 10.8. The summed E-state index contributed by atoms with van der Waals surface area (Å²) < 4.78 is 0. The van der Waals surface area contributed by atoms with Crippen LogP contribution in [-0.4, -0.2) is 5.78 Å². The topological polar surface area (TPSA) is 40.1 Å². The predicted octanol–water partition coefficient (Wildman–Crippen LogP) is 1.24. The van der Waals surface area contributed by atoms with Crippen LogP contribution in [0.25, 0.3) is 0 Å². The lowest BCUT2D eigenvalue weighted by molar-refractivity contribution is -0.480. The van der Waals surface area contributed by atoms with E-state index in [9.17, 15) is 9.90 Å². The van der Waals surface area contributed by atoms with Gasteiger partial charge in [0, 0.05) is 0 Å². The molecule has 2 heteroatoms. The van der Waals surface area contributed by atoms with Crippen molar-refractivity contribution in [1.82, 2.24) is 0 Å². The molecular formula is C11H13O2-. The molecule has 1 aromatic carbocycles. The van der Waals surface area contributed by atoms with Crippen LogP contribution in [0.15, 0.2) is 30.3 Å². The second-order valence-corrected chi connectivity index (χ2v) is 3.48. The first-order chi connectivity index (χ1) is 6.02. The highest BCUT2D eigenvalue weighted by Crippen LogP contribution is 2.20. The number of rotatable bonds is 3. The van der Waals surface area contributed by atoms with Crippen molar-refractivity contribution in [3.8, 4) is 0 Å². The molecule has 13 heavy (non-hydrogen) atoms. The number of carbonyl (C=O) groups excluding carboxylic acids is 1. The lowest BCUT2D eigenvalue weighted by Crippen LogP contribution is -2.38. The van der Waals surface area contributed by atoms with Crippen LogP contribution >= 0.6 is 0 Å². The van der Waals surface area contributed by atoms with Crippen LogP contribution < -0.4 is 5.11 Å². The maximum absolute atomic E-state index is 11.9. The van der Waals surface area contributed by atoms with Crippen LogP contribution in [-0.2, 0) is 10.4 Å². The highest BCUT2D eigenvalue weighted by molar-refractivity contribution is 5.76. The summed E-state index contributed by atoms with van der Waals surface area (Å²) in [5.74, 6) is -0.0682. The van der Waals surface area contributed by atoms with Crippen LogP contribution in [0, 0.1) is 0 Å². The Balaban J connectivity index is 2.87. The Bertz CT molecular complexity index is 288. The van der Waals surface area contributed by atoms with E-state index in [1.165, 1.54) is 6.92 Å². The monoisotopic (exact) mass is 177 g/mol. The third kappa shape index (κ3) is 2.67. The molecule has 0 fully saturated rings. The smallest absolute Gasteiger partial charge is 0.129 e. The molecule has 0 aromatic heterocycles. The molecule has 0 aliphatic rings. The zero-order chi connectivity index (χ0) is 9.90. The van der Waals surface area contributed by atoms with Gasteiger partial charge < -0.3 is 9.90 Å². The normalized spacial score (nSPS) is 15.0. The Morgan fingerprint density at radius 1 is 1.38 bits per heavy atom. The minimum atomic E-state index is -1.28. The van der Waals surface area contributed by atoms with E-state index in [1.807, 2.05) is 18.2 Å². The van der Waals surface area contributed by atoms with E-state index in [-0.39, 0.29) is 12.2 Å². The van der Waals surface area contributed by atoms with Gasteiger partial charge in [-0.1, -0.05) is 48.4 Å². The first-order valence-electron chi connectivity index (χ1n) is 4.28. The molecule has 70 valence electrons. The largest absolute Gasteiger partial charge is 0.846 e. The van der Waals surface area contributed by atoms with Crippen molar-refractivity contribution >= 4 is 5.78 Å². The van der Waals surface area contributed by atoms with Gasteiger partial charge >= 0.3 is 0 Å². The quantitative estimate of drug-likeness (QED) is 0.697. The van der Waals surface area contributed by atoms with E-state index in [1.54, 1.807) is 19.1 Å². The van der Waals surface area contributed by atoms with Gasteiger partial charge in [0.05, 0.1) is 0 Å². The van der Waals surface area contributed by atoms with Crippen molar-refractivity contribution in [1.29, 1.82) is 0 Å². The number of ketones is 1. The van der Waals surface area contributed by atoms with E-state index in [0.29, 0.717) is 5.56 Å². The highest BCUT2D eigenvalue weighted by atomic mass is 16.3. The lowest BCUT2D eigenvalue weighted by atomic mass is 9.91. The molecule has 2 nitrogen and oxygen atoms in total. The number of Topliss-reactive ketones (excluding diaryl/α,β-unsaturated/α-hetero) is 1. The van der Waals surface area contributed by atoms with Gasteiger partial charge in [-0.15, -0.1) is 0 Å². The minimum Gasteiger partial charge on any atom is -0.846 e. The third-order valence-electron chi connectivity index (χ3n) is 1.97. The molecule has 0 N–H and O–H groups in total. The molecule has 1 unspecified atom stereocenters. The maximum atomic E-state index is 11.9. The van der Waals surface area contributed by atoms with Gasteiger partial charge in [-0.2, -0.15) is 0 Å². The van der Waals surface area contributed by atoms with Gasteiger partial charge in [-0.3, -0.25) is 0 Å². The average molecular weight is 177 g/mol. The van der Waals surface area contributed by atoms with Crippen molar-refractivity contribution < 1.29 is 9.90 Å². The Kier molecular flexibility index (Phi) is 2.83. The second-order valence-electron chi connectivity index (χ2n) is 3.48. The van der Waals surface area contributed by atoms with Crippen LogP contribution in [0.1, 0.15) is 25.8 Å². The SMILES string of the molecule is CC(=O)CC(C)([O-])c1ccccc1. The number of hydrogen-bond donors (Lipinski definition) is 0. The maximum Gasteiger partial charge on any atom is 0.129 e. The van der Waals surface area contributed by atoms with Gasteiger partial charge in [0.1, 0.15) is 5.78 Å².